The minimum absolute atomic E-state index is 0.561. The van der Waals surface area contributed by atoms with Gasteiger partial charge in [-0.15, -0.1) is 4.91 Å². The predicted octanol–water partition coefficient (Wildman–Crippen LogP) is -0.925. The van der Waals surface area contributed by atoms with E-state index in [9.17, 15) is 13.3 Å². The van der Waals surface area contributed by atoms with E-state index in [4.69, 9.17) is 5.11 Å². The smallest absolute Gasteiger partial charge is 0.290 e. The van der Waals surface area contributed by atoms with E-state index in [1.807, 2.05) is 0 Å². The van der Waals surface area contributed by atoms with Gasteiger partial charge in [0.15, 0.2) is 0 Å². The molecule has 0 rings (SSSR count). The molecule has 1 N–H and O–H groups in total. The molecule has 0 aliphatic rings. The van der Waals surface area contributed by atoms with Crippen LogP contribution in [0, 0.1) is 4.91 Å². The van der Waals surface area contributed by atoms with Crippen molar-refractivity contribution in [3.05, 3.63) is 4.91 Å². The van der Waals surface area contributed by atoms with Crippen LogP contribution in [0.4, 0.5) is 0 Å². The Balaban J connectivity index is 3.95. The second-order valence-electron chi connectivity index (χ2n) is 1.08. The Labute approximate surface area is 46.4 Å². The second-order valence-corrected chi connectivity index (χ2v) is 2.81. The average molecular weight is 139 g/mol. The van der Waals surface area contributed by atoms with Crippen molar-refractivity contribution in [2.75, 3.05) is 12.4 Å². The van der Waals surface area contributed by atoms with Crippen molar-refractivity contribution in [2.45, 2.75) is 0 Å². The molecule has 0 bridgehead atoms. The summed E-state index contributed by atoms with van der Waals surface area (Å²) in [4.78, 5) is 9.27. The zero-order chi connectivity index (χ0) is 6.62. The third-order valence-corrected chi connectivity index (χ3v) is 1.39. The van der Waals surface area contributed by atoms with Gasteiger partial charge in [-0.1, -0.05) is 0 Å². The van der Waals surface area contributed by atoms with E-state index in [0.717, 1.165) is 0 Å². The van der Waals surface area contributed by atoms with E-state index in [1.165, 1.54) is 0 Å². The number of hydrogen-bond donors (Lipinski definition) is 1. The lowest BCUT2D eigenvalue weighted by Crippen LogP contribution is -2.04. The van der Waals surface area contributed by atoms with Crippen LogP contribution in [0.3, 0.4) is 0 Å². The Kier molecular flexibility index (Phi) is 2.56. The van der Waals surface area contributed by atoms with Gasteiger partial charge >= 0.3 is 0 Å². The van der Waals surface area contributed by atoms with E-state index in [1.54, 1.807) is 4.58 Å². The minimum Gasteiger partial charge on any atom is -0.395 e. The van der Waals surface area contributed by atoms with E-state index in [0.29, 0.717) is 0 Å². The summed E-state index contributed by atoms with van der Waals surface area (Å²) in [6, 6.07) is 0. The minimum atomic E-state index is -3.85. The maximum atomic E-state index is 9.96. The fourth-order valence-electron chi connectivity index (χ4n) is 0.153. The molecule has 0 aliphatic heterocycles. The summed E-state index contributed by atoms with van der Waals surface area (Å²) >= 11 is 0. The van der Waals surface area contributed by atoms with Crippen LogP contribution in [0.1, 0.15) is 0 Å². The van der Waals surface area contributed by atoms with Crippen LogP contribution in [0.2, 0.25) is 0 Å². The number of hydrogen-bond acceptors (Lipinski definition) is 4. The summed E-state index contributed by atoms with van der Waals surface area (Å²) in [5.74, 6) is -0.587. The first kappa shape index (κ1) is 7.51. The SMILES string of the molecule is O=NS(=O)(=O)CCO. The molecule has 48 valence electrons. The van der Waals surface area contributed by atoms with Gasteiger partial charge in [0.1, 0.15) is 0 Å². The highest BCUT2D eigenvalue weighted by atomic mass is 32.2. The van der Waals surface area contributed by atoms with Crippen LogP contribution in [0.25, 0.3) is 0 Å². The molecule has 0 fully saturated rings. The molecule has 0 saturated heterocycles. The molecule has 0 aromatic carbocycles. The number of aliphatic hydroxyl groups is 1. The number of rotatable bonds is 3. The van der Waals surface area contributed by atoms with Crippen LogP contribution in [-0.2, 0) is 10.0 Å². The van der Waals surface area contributed by atoms with Crippen molar-refractivity contribution in [1.82, 2.24) is 0 Å². The van der Waals surface area contributed by atoms with Crippen molar-refractivity contribution < 1.29 is 13.5 Å². The van der Waals surface area contributed by atoms with Gasteiger partial charge in [-0.05, 0) is 0 Å². The molecule has 0 atom stereocenters. The zero-order valence-electron chi connectivity index (χ0n) is 3.94. The largest absolute Gasteiger partial charge is 0.395 e. The predicted molar refractivity (Wildman–Crippen MR) is 26.7 cm³/mol. The average Bonchev–Trinajstić information content (AvgIpc) is 1.67. The van der Waals surface area contributed by atoms with Crippen LogP contribution in [0.5, 0.6) is 0 Å². The standard InChI is InChI=1S/C2H5NO4S/c4-1-2-8(6,7)3-5/h4H,1-2H2. The van der Waals surface area contributed by atoms with Crippen LogP contribution in [0.15, 0.2) is 4.58 Å². The van der Waals surface area contributed by atoms with E-state index >= 15 is 0 Å². The topological polar surface area (TPSA) is 83.8 Å². The lowest BCUT2D eigenvalue weighted by molar-refractivity contribution is 0.319. The Morgan fingerprint density at radius 1 is 1.50 bits per heavy atom. The molecule has 0 aromatic heterocycles. The van der Waals surface area contributed by atoms with Crippen LogP contribution in [-0.4, -0.2) is 25.9 Å². The summed E-state index contributed by atoms with van der Waals surface area (Å²) in [7, 11) is -3.85. The number of aliphatic hydroxyl groups excluding tert-OH is 1. The van der Waals surface area contributed by atoms with E-state index in [-0.39, 0.29) is 0 Å². The molecular weight excluding hydrogens is 134 g/mol. The Morgan fingerprint density at radius 3 is 2.12 bits per heavy atom. The lowest BCUT2D eigenvalue weighted by atomic mass is 10.9. The van der Waals surface area contributed by atoms with Crippen LogP contribution >= 0.6 is 0 Å². The van der Waals surface area contributed by atoms with Crippen LogP contribution < -0.4 is 0 Å². The summed E-state index contributed by atoms with van der Waals surface area (Å²) in [6.07, 6.45) is 0. The van der Waals surface area contributed by atoms with Gasteiger partial charge in [-0.25, -0.2) is 8.42 Å². The number of nitroso groups, excluding NO2 is 1. The highest BCUT2D eigenvalue weighted by Crippen LogP contribution is 1.86. The summed E-state index contributed by atoms with van der Waals surface area (Å²) in [6.45, 7) is -0.561. The number of nitrogens with zero attached hydrogens (tertiary/aromatic N) is 1. The molecule has 0 amide bonds. The molecule has 8 heavy (non-hydrogen) atoms. The fraction of sp³-hybridized carbons (Fsp3) is 1.00. The quantitative estimate of drug-likeness (QED) is 0.512. The van der Waals surface area contributed by atoms with Gasteiger partial charge in [0.25, 0.3) is 10.0 Å². The van der Waals surface area contributed by atoms with E-state index < -0.39 is 22.4 Å². The van der Waals surface area contributed by atoms with Gasteiger partial charge in [0.05, 0.1) is 16.9 Å². The maximum absolute atomic E-state index is 9.96. The molecule has 0 spiro atoms. The molecule has 0 heterocycles. The molecule has 0 saturated carbocycles. The van der Waals surface area contributed by atoms with Gasteiger partial charge < -0.3 is 5.11 Å². The second kappa shape index (κ2) is 2.73. The normalized spacial score (nSPS) is 11.1. The molecule has 0 aliphatic carbocycles. The van der Waals surface area contributed by atoms with Crippen molar-refractivity contribution in [3.63, 3.8) is 0 Å². The van der Waals surface area contributed by atoms with Crippen molar-refractivity contribution in [2.24, 2.45) is 4.58 Å². The third kappa shape index (κ3) is 2.64. The summed E-state index contributed by atoms with van der Waals surface area (Å²) in [5.41, 5.74) is 0. The first-order chi connectivity index (χ1) is 3.62. The highest BCUT2D eigenvalue weighted by molar-refractivity contribution is 7.89. The molecule has 5 nitrogen and oxygen atoms in total. The van der Waals surface area contributed by atoms with Gasteiger partial charge in [-0.3, -0.25) is 0 Å². The van der Waals surface area contributed by atoms with E-state index in [2.05, 4.69) is 0 Å². The first-order valence-electron chi connectivity index (χ1n) is 1.80. The molecule has 0 aromatic rings. The Bertz CT molecular complexity index is 159. The van der Waals surface area contributed by atoms with Gasteiger partial charge in [0, 0.05) is 0 Å². The van der Waals surface area contributed by atoms with Gasteiger partial charge in [-0.2, -0.15) is 0 Å². The number of sulfonamides is 1. The monoisotopic (exact) mass is 139 g/mol. The zero-order valence-corrected chi connectivity index (χ0v) is 4.76. The molecule has 0 unspecified atom stereocenters. The summed E-state index contributed by atoms with van der Waals surface area (Å²) < 4.78 is 21.7. The molecule has 0 radical (unpaired) electrons. The van der Waals surface area contributed by atoms with Gasteiger partial charge in [0.2, 0.25) is 0 Å². The van der Waals surface area contributed by atoms with Crippen molar-refractivity contribution in [1.29, 1.82) is 0 Å². The summed E-state index contributed by atoms with van der Waals surface area (Å²) in [5, 5.41) is 7.95. The van der Waals surface area contributed by atoms with Crippen molar-refractivity contribution in [3.8, 4) is 0 Å². The fourth-order valence-corrected chi connectivity index (χ4v) is 0.458. The third-order valence-electron chi connectivity index (χ3n) is 0.463. The Hall–Kier alpha value is -0.490. The maximum Gasteiger partial charge on any atom is 0.290 e. The molecular formula is C2H5NO4S. The first-order valence-corrected chi connectivity index (χ1v) is 3.41. The molecule has 6 heteroatoms. The lowest BCUT2D eigenvalue weighted by Gasteiger charge is -1.84. The van der Waals surface area contributed by atoms with Crippen molar-refractivity contribution >= 4 is 10.0 Å². The Morgan fingerprint density at radius 2 is 2.00 bits per heavy atom. The highest BCUT2D eigenvalue weighted by Gasteiger charge is 2.06.